The van der Waals surface area contributed by atoms with Gasteiger partial charge in [-0.1, -0.05) is 0 Å². The molecule has 0 fully saturated rings. The Hall–Kier alpha value is -2.39. The number of aromatic amines is 1. The highest BCUT2D eigenvalue weighted by atomic mass is 32.2. The number of aromatic nitrogens is 2. The number of carbonyl (C=O) groups is 1. The zero-order chi connectivity index (χ0) is 19.5. The molecule has 0 unspecified atom stereocenters. The summed E-state index contributed by atoms with van der Waals surface area (Å²) >= 11 is 0. The minimum absolute atomic E-state index is 0.0986. The summed E-state index contributed by atoms with van der Waals surface area (Å²) in [5.74, 6) is -0.155. The molecule has 2 rings (SSSR count). The van der Waals surface area contributed by atoms with Gasteiger partial charge < -0.3 is 9.80 Å². The number of benzene rings is 1. The molecule has 2 N–H and O–H groups in total. The van der Waals surface area contributed by atoms with Crippen LogP contribution in [0.25, 0.3) is 0 Å². The number of sulfonamides is 1. The molecule has 0 bridgehead atoms. The second-order valence-electron chi connectivity index (χ2n) is 6.24. The zero-order valence-corrected chi connectivity index (χ0v) is 16.5. The van der Waals surface area contributed by atoms with Crippen LogP contribution in [0.5, 0.6) is 0 Å². The van der Waals surface area contributed by atoms with Gasteiger partial charge in [-0.2, -0.15) is 5.10 Å². The average Bonchev–Trinajstić information content (AvgIpc) is 2.91. The standard InChI is InChI=1S/C17H25N5O3S/c1-12-17(13(2)20-19-12)26(24,25)18-10-11-22(14(3)23)16-8-6-15(7-9-16)21(4)5/h6-9,18H,10-11H2,1-5H3,(H,19,20). The predicted molar refractivity (Wildman–Crippen MR) is 102 cm³/mol. The van der Waals surface area contributed by atoms with E-state index in [-0.39, 0.29) is 23.9 Å². The molecule has 1 aromatic carbocycles. The van der Waals surface area contributed by atoms with Crippen LogP contribution < -0.4 is 14.5 Å². The van der Waals surface area contributed by atoms with Crippen molar-refractivity contribution in [3.05, 3.63) is 35.7 Å². The van der Waals surface area contributed by atoms with Gasteiger partial charge in [0.05, 0.1) is 11.4 Å². The molecule has 1 aromatic heterocycles. The normalized spacial score (nSPS) is 11.4. The predicted octanol–water partition coefficient (Wildman–Crippen LogP) is 1.42. The number of carbonyl (C=O) groups excluding carboxylic acids is 1. The third kappa shape index (κ3) is 4.41. The first-order valence-electron chi connectivity index (χ1n) is 8.20. The number of hydrogen-bond donors (Lipinski definition) is 2. The Morgan fingerprint density at radius 3 is 2.19 bits per heavy atom. The summed E-state index contributed by atoms with van der Waals surface area (Å²) in [6.07, 6.45) is 0. The van der Waals surface area contributed by atoms with E-state index in [1.807, 2.05) is 43.3 Å². The Labute approximate surface area is 154 Å². The van der Waals surface area contributed by atoms with Crippen LogP contribution in [0.2, 0.25) is 0 Å². The van der Waals surface area contributed by atoms with Gasteiger partial charge >= 0.3 is 0 Å². The number of H-pyrrole nitrogens is 1. The first kappa shape index (κ1) is 19.9. The summed E-state index contributed by atoms with van der Waals surface area (Å²) in [7, 11) is 0.186. The molecule has 0 aliphatic heterocycles. The SMILES string of the molecule is CC(=O)N(CCNS(=O)(=O)c1c(C)n[nH]c1C)c1ccc(N(C)C)cc1. The molecule has 9 heteroatoms. The van der Waals surface area contributed by atoms with Crippen LogP contribution in [0.15, 0.2) is 29.2 Å². The van der Waals surface area contributed by atoms with Gasteiger partial charge in [0.15, 0.2) is 0 Å². The highest BCUT2D eigenvalue weighted by molar-refractivity contribution is 7.89. The van der Waals surface area contributed by atoms with Crippen molar-refractivity contribution in [2.24, 2.45) is 0 Å². The maximum Gasteiger partial charge on any atom is 0.244 e. The Morgan fingerprint density at radius 1 is 1.15 bits per heavy atom. The lowest BCUT2D eigenvalue weighted by Gasteiger charge is -2.22. The van der Waals surface area contributed by atoms with Gasteiger partial charge in [-0.25, -0.2) is 13.1 Å². The Kier molecular flexibility index (Phi) is 6.04. The van der Waals surface area contributed by atoms with E-state index in [9.17, 15) is 13.2 Å². The molecule has 0 spiro atoms. The first-order chi connectivity index (χ1) is 12.1. The fraction of sp³-hybridized carbons (Fsp3) is 0.412. The average molecular weight is 379 g/mol. The van der Waals surface area contributed by atoms with Crippen LogP contribution in [0, 0.1) is 13.8 Å². The molecule has 0 saturated carbocycles. The Bertz CT molecular complexity index is 853. The second kappa shape index (κ2) is 7.88. The molecule has 0 radical (unpaired) electrons. The van der Waals surface area contributed by atoms with Crippen LogP contribution in [0.3, 0.4) is 0 Å². The summed E-state index contributed by atoms with van der Waals surface area (Å²) in [5, 5.41) is 6.57. The molecule has 0 atom stereocenters. The van der Waals surface area contributed by atoms with Gasteiger partial charge in [0, 0.05) is 45.5 Å². The molecule has 0 saturated heterocycles. The number of hydrogen-bond acceptors (Lipinski definition) is 5. The lowest BCUT2D eigenvalue weighted by atomic mass is 10.2. The lowest BCUT2D eigenvalue weighted by Crippen LogP contribution is -2.37. The fourth-order valence-electron chi connectivity index (χ4n) is 2.70. The van der Waals surface area contributed by atoms with E-state index in [1.54, 1.807) is 13.8 Å². The second-order valence-corrected chi connectivity index (χ2v) is 7.95. The van der Waals surface area contributed by atoms with Crippen LogP contribution in [-0.4, -0.2) is 51.7 Å². The number of nitrogens with zero attached hydrogens (tertiary/aromatic N) is 3. The highest BCUT2D eigenvalue weighted by Gasteiger charge is 2.22. The molecule has 8 nitrogen and oxygen atoms in total. The minimum Gasteiger partial charge on any atom is -0.378 e. The van der Waals surface area contributed by atoms with E-state index in [1.165, 1.54) is 11.8 Å². The first-order valence-corrected chi connectivity index (χ1v) is 9.68. The molecule has 142 valence electrons. The summed E-state index contributed by atoms with van der Waals surface area (Å²) in [4.78, 5) is 15.6. The van der Waals surface area contributed by atoms with E-state index >= 15 is 0 Å². The Morgan fingerprint density at radius 2 is 1.73 bits per heavy atom. The number of amides is 1. The van der Waals surface area contributed by atoms with E-state index in [0.29, 0.717) is 11.4 Å². The zero-order valence-electron chi connectivity index (χ0n) is 15.7. The number of rotatable bonds is 7. The highest BCUT2D eigenvalue weighted by Crippen LogP contribution is 2.20. The van der Waals surface area contributed by atoms with Crippen molar-refractivity contribution in [1.82, 2.24) is 14.9 Å². The lowest BCUT2D eigenvalue weighted by molar-refractivity contribution is -0.116. The largest absolute Gasteiger partial charge is 0.378 e. The molecular weight excluding hydrogens is 354 g/mol. The van der Waals surface area contributed by atoms with Crippen molar-refractivity contribution in [3.63, 3.8) is 0 Å². The maximum atomic E-state index is 12.5. The quantitative estimate of drug-likeness (QED) is 0.758. The van der Waals surface area contributed by atoms with Crippen LogP contribution in [0.4, 0.5) is 11.4 Å². The fourth-order valence-corrected chi connectivity index (χ4v) is 4.09. The van der Waals surface area contributed by atoms with Crippen molar-refractivity contribution < 1.29 is 13.2 Å². The van der Waals surface area contributed by atoms with Gasteiger partial charge in [0.2, 0.25) is 15.9 Å². The summed E-state index contributed by atoms with van der Waals surface area (Å²) < 4.78 is 27.5. The summed E-state index contributed by atoms with van der Waals surface area (Å²) in [6.45, 7) is 5.07. The third-order valence-electron chi connectivity index (χ3n) is 4.01. The number of aryl methyl sites for hydroxylation is 2. The van der Waals surface area contributed by atoms with Crippen LogP contribution in [-0.2, 0) is 14.8 Å². The smallest absolute Gasteiger partial charge is 0.244 e. The number of nitrogens with one attached hydrogen (secondary N) is 2. The van der Waals surface area contributed by atoms with Crippen LogP contribution in [0.1, 0.15) is 18.3 Å². The van der Waals surface area contributed by atoms with Crippen molar-refractivity contribution in [2.75, 3.05) is 37.0 Å². The van der Waals surface area contributed by atoms with Gasteiger partial charge in [0.1, 0.15) is 4.90 Å². The van der Waals surface area contributed by atoms with Gasteiger partial charge in [0.25, 0.3) is 0 Å². The molecular formula is C17H25N5O3S. The molecule has 2 aromatic rings. The molecule has 0 aliphatic rings. The summed E-state index contributed by atoms with van der Waals surface area (Å²) in [6, 6.07) is 7.51. The van der Waals surface area contributed by atoms with Crippen molar-refractivity contribution >= 4 is 27.3 Å². The van der Waals surface area contributed by atoms with Crippen molar-refractivity contribution in [2.45, 2.75) is 25.7 Å². The van der Waals surface area contributed by atoms with E-state index < -0.39 is 10.0 Å². The monoisotopic (exact) mass is 379 g/mol. The summed E-state index contributed by atoms with van der Waals surface area (Å²) in [5.41, 5.74) is 2.64. The van der Waals surface area contributed by atoms with Crippen LogP contribution >= 0.6 is 0 Å². The maximum absolute atomic E-state index is 12.5. The molecule has 26 heavy (non-hydrogen) atoms. The topological polar surface area (TPSA) is 98.4 Å². The van der Waals surface area contributed by atoms with Gasteiger partial charge in [-0.05, 0) is 38.1 Å². The molecule has 1 amide bonds. The number of anilines is 2. The molecule has 0 aliphatic carbocycles. The van der Waals surface area contributed by atoms with Crippen molar-refractivity contribution in [1.29, 1.82) is 0 Å². The van der Waals surface area contributed by atoms with E-state index in [0.717, 1.165) is 11.4 Å². The van der Waals surface area contributed by atoms with Gasteiger partial charge in [-0.3, -0.25) is 9.89 Å². The Balaban J connectivity index is 2.08. The van der Waals surface area contributed by atoms with Gasteiger partial charge in [-0.15, -0.1) is 0 Å². The molecule has 1 heterocycles. The minimum atomic E-state index is -3.69. The van der Waals surface area contributed by atoms with E-state index in [4.69, 9.17) is 0 Å². The van der Waals surface area contributed by atoms with Crippen molar-refractivity contribution in [3.8, 4) is 0 Å². The third-order valence-corrected chi connectivity index (χ3v) is 5.74. The van der Waals surface area contributed by atoms with E-state index in [2.05, 4.69) is 14.9 Å².